The van der Waals surface area contributed by atoms with Crippen molar-refractivity contribution in [3.05, 3.63) is 58.7 Å². The lowest BCUT2D eigenvalue weighted by Gasteiger charge is -2.25. The topological polar surface area (TPSA) is 86.5 Å². The Labute approximate surface area is 176 Å². The number of fused-ring (bicyclic) bond motifs is 1. The Morgan fingerprint density at radius 3 is 2.41 bits per heavy atom. The maximum Gasteiger partial charge on any atom is 0.272 e. The van der Waals surface area contributed by atoms with Crippen molar-refractivity contribution in [2.75, 3.05) is 43.5 Å². The van der Waals surface area contributed by atoms with Crippen molar-refractivity contribution in [2.24, 2.45) is 0 Å². The molecule has 2 heterocycles. The second-order valence-corrected chi connectivity index (χ2v) is 7.80. The van der Waals surface area contributed by atoms with E-state index in [4.69, 9.17) is 4.74 Å². The highest BCUT2D eigenvalue weighted by Gasteiger charge is 2.14. The monoisotopic (exact) mass is 456 g/mol. The van der Waals surface area contributed by atoms with E-state index in [9.17, 15) is 9.59 Å². The summed E-state index contributed by atoms with van der Waals surface area (Å²) in [5.74, 6) is -0.283. The molecule has 1 fully saturated rings. The number of nitrogens with one attached hydrogen (secondary N) is 3. The molecule has 0 unspecified atom stereocenters. The molecule has 0 bridgehead atoms. The summed E-state index contributed by atoms with van der Waals surface area (Å²) < 4.78 is 6.25. The standard InChI is InChI=1S/C21H21BrN4O3/c22-15-1-6-18-14(11-15)12-19(25-18)21(28)24-17-4-2-16(3-5-17)23-20(27)13-26-7-9-29-10-8-26/h1-6,11-12,25H,7-10,13H2,(H,23,27)(H,24,28). The highest BCUT2D eigenvalue weighted by molar-refractivity contribution is 9.10. The average molecular weight is 457 g/mol. The number of hydrogen-bond donors (Lipinski definition) is 3. The van der Waals surface area contributed by atoms with Crippen LogP contribution in [-0.4, -0.2) is 54.5 Å². The van der Waals surface area contributed by atoms with Crippen LogP contribution < -0.4 is 10.6 Å². The molecular weight excluding hydrogens is 436 g/mol. The first-order valence-corrected chi connectivity index (χ1v) is 10.2. The number of morpholine rings is 1. The number of carbonyl (C=O) groups excluding carboxylic acids is 2. The van der Waals surface area contributed by atoms with Gasteiger partial charge in [0, 0.05) is 39.8 Å². The highest BCUT2D eigenvalue weighted by Crippen LogP contribution is 2.21. The summed E-state index contributed by atoms with van der Waals surface area (Å²) in [6.45, 7) is 3.20. The zero-order chi connectivity index (χ0) is 20.2. The number of anilines is 2. The molecule has 4 rings (SSSR count). The molecule has 1 aromatic heterocycles. The Kier molecular flexibility index (Phi) is 5.94. The van der Waals surface area contributed by atoms with Crippen molar-refractivity contribution >= 4 is 50.0 Å². The Balaban J connectivity index is 1.34. The molecule has 0 radical (unpaired) electrons. The number of benzene rings is 2. The summed E-state index contributed by atoms with van der Waals surface area (Å²) in [6, 6.07) is 14.7. The zero-order valence-corrected chi connectivity index (χ0v) is 17.3. The first-order chi connectivity index (χ1) is 14.1. The maximum absolute atomic E-state index is 12.5. The predicted octanol–water partition coefficient (Wildman–Crippen LogP) is 3.45. The van der Waals surface area contributed by atoms with E-state index in [-0.39, 0.29) is 11.8 Å². The normalized spacial score (nSPS) is 14.7. The number of aromatic amines is 1. The number of aromatic nitrogens is 1. The van der Waals surface area contributed by atoms with Crippen molar-refractivity contribution in [1.82, 2.24) is 9.88 Å². The third-order valence-electron chi connectivity index (χ3n) is 4.72. The molecule has 0 atom stereocenters. The molecule has 2 amide bonds. The Morgan fingerprint density at radius 1 is 1.00 bits per heavy atom. The van der Waals surface area contributed by atoms with Crippen LogP contribution in [0.25, 0.3) is 10.9 Å². The average Bonchev–Trinajstić information content (AvgIpc) is 3.13. The van der Waals surface area contributed by atoms with E-state index in [1.807, 2.05) is 24.3 Å². The van der Waals surface area contributed by atoms with Crippen molar-refractivity contribution < 1.29 is 14.3 Å². The van der Waals surface area contributed by atoms with Gasteiger partial charge < -0.3 is 20.4 Å². The molecule has 8 heteroatoms. The van der Waals surface area contributed by atoms with E-state index in [2.05, 4.69) is 36.4 Å². The van der Waals surface area contributed by atoms with Gasteiger partial charge in [-0.2, -0.15) is 0 Å². The number of rotatable bonds is 5. The van der Waals surface area contributed by atoms with Crippen molar-refractivity contribution in [3.8, 4) is 0 Å². The quantitative estimate of drug-likeness (QED) is 0.548. The number of carbonyl (C=O) groups is 2. The van der Waals surface area contributed by atoms with E-state index in [0.717, 1.165) is 28.5 Å². The van der Waals surface area contributed by atoms with Crippen LogP contribution in [0.3, 0.4) is 0 Å². The lowest BCUT2D eigenvalue weighted by atomic mass is 10.2. The summed E-state index contributed by atoms with van der Waals surface area (Å²) in [5.41, 5.74) is 2.73. The van der Waals surface area contributed by atoms with Gasteiger partial charge in [0.2, 0.25) is 5.91 Å². The SMILES string of the molecule is O=C(CN1CCOCC1)Nc1ccc(NC(=O)c2cc3cc(Br)ccc3[nH]2)cc1. The Bertz CT molecular complexity index is 1030. The van der Waals surface area contributed by atoms with Gasteiger partial charge >= 0.3 is 0 Å². The van der Waals surface area contributed by atoms with Gasteiger partial charge in [0.1, 0.15) is 5.69 Å². The molecule has 1 aliphatic heterocycles. The summed E-state index contributed by atoms with van der Waals surface area (Å²) in [6.07, 6.45) is 0. The molecule has 7 nitrogen and oxygen atoms in total. The molecule has 29 heavy (non-hydrogen) atoms. The fourth-order valence-electron chi connectivity index (χ4n) is 3.22. The number of nitrogens with zero attached hydrogens (tertiary/aromatic N) is 1. The summed E-state index contributed by atoms with van der Waals surface area (Å²) in [4.78, 5) is 29.9. The van der Waals surface area contributed by atoms with Crippen LogP contribution in [0.1, 0.15) is 10.5 Å². The van der Waals surface area contributed by atoms with Crippen molar-refractivity contribution in [3.63, 3.8) is 0 Å². The summed E-state index contributed by atoms with van der Waals surface area (Å²) in [5, 5.41) is 6.70. The van der Waals surface area contributed by atoms with Gasteiger partial charge in [-0.05, 0) is 48.5 Å². The van der Waals surface area contributed by atoms with Crippen LogP contribution in [0.4, 0.5) is 11.4 Å². The van der Waals surface area contributed by atoms with Gasteiger partial charge in [-0.1, -0.05) is 15.9 Å². The fraction of sp³-hybridized carbons (Fsp3) is 0.238. The molecule has 0 aliphatic carbocycles. The van der Waals surface area contributed by atoms with Crippen molar-refractivity contribution in [1.29, 1.82) is 0 Å². The van der Waals surface area contributed by atoms with Gasteiger partial charge in [-0.3, -0.25) is 14.5 Å². The number of hydrogen-bond acceptors (Lipinski definition) is 4. The van der Waals surface area contributed by atoms with Crippen molar-refractivity contribution in [2.45, 2.75) is 0 Å². The minimum Gasteiger partial charge on any atom is -0.379 e. The van der Waals surface area contributed by atoms with E-state index in [0.29, 0.717) is 36.8 Å². The molecule has 0 saturated carbocycles. The smallest absolute Gasteiger partial charge is 0.272 e. The number of halogens is 1. The largest absolute Gasteiger partial charge is 0.379 e. The lowest BCUT2D eigenvalue weighted by molar-refractivity contribution is -0.118. The lowest BCUT2D eigenvalue weighted by Crippen LogP contribution is -2.41. The molecule has 2 aromatic carbocycles. The first kappa shape index (κ1) is 19.6. The van der Waals surface area contributed by atoms with Gasteiger partial charge in [0.05, 0.1) is 19.8 Å². The summed E-state index contributed by atoms with van der Waals surface area (Å²) in [7, 11) is 0. The third-order valence-corrected chi connectivity index (χ3v) is 5.22. The Morgan fingerprint density at radius 2 is 1.69 bits per heavy atom. The zero-order valence-electron chi connectivity index (χ0n) is 15.7. The number of ether oxygens (including phenoxy) is 1. The second-order valence-electron chi connectivity index (χ2n) is 6.88. The first-order valence-electron chi connectivity index (χ1n) is 9.36. The van der Waals surface area contributed by atoms with Crippen LogP contribution in [0.2, 0.25) is 0 Å². The molecule has 1 aliphatic rings. The minimum atomic E-state index is -0.221. The molecule has 1 saturated heterocycles. The number of amides is 2. The maximum atomic E-state index is 12.5. The van der Waals surface area contributed by atoms with Crippen LogP contribution in [0, 0.1) is 0 Å². The van der Waals surface area contributed by atoms with Gasteiger partial charge in [0.25, 0.3) is 5.91 Å². The number of H-pyrrole nitrogens is 1. The molecule has 150 valence electrons. The van der Waals surface area contributed by atoms with E-state index in [1.165, 1.54) is 0 Å². The van der Waals surface area contributed by atoms with Gasteiger partial charge in [-0.25, -0.2) is 0 Å². The fourth-order valence-corrected chi connectivity index (χ4v) is 3.60. The van der Waals surface area contributed by atoms with E-state index >= 15 is 0 Å². The van der Waals surface area contributed by atoms with Gasteiger partial charge in [0.15, 0.2) is 0 Å². The Hall–Kier alpha value is -2.68. The highest BCUT2D eigenvalue weighted by atomic mass is 79.9. The van der Waals surface area contributed by atoms with Crippen LogP contribution >= 0.6 is 15.9 Å². The van der Waals surface area contributed by atoms with Crippen LogP contribution in [0.15, 0.2) is 53.0 Å². The van der Waals surface area contributed by atoms with E-state index < -0.39 is 0 Å². The molecular formula is C21H21BrN4O3. The van der Waals surface area contributed by atoms with E-state index in [1.54, 1.807) is 24.3 Å². The molecule has 3 N–H and O–H groups in total. The minimum absolute atomic E-state index is 0.0621. The predicted molar refractivity (Wildman–Crippen MR) is 116 cm³/mol. The van der Waals surface area contributed by atoms with Crippen LogP contribution in [-0.2, 0) is 9.53 Å². The second kappa shape index (κ2) is 8.77. The van der Waals surface area contributed by atoms with Gasteiger partial charge in [-0.15, -0.1) is 0 Å². The molecule has 3 aromatic rings. The third kappa shape index (κ3) is 5.03. The molecule has 0 spiro atoms. The van der Waals surface area contributed by atoms with Crippen LogP contribution in [0.5, 0.6) is 0 Å². The summed E-state index contributed by atoms with van der Waals surface area (Å²) >= 11 is 3.43.